The van der Waals surface area contributed by atoms with Gasteiger partial charge in [0.1, 0.15) is 5.84 Å². The van der Waals surface area contributed by atoms with Gasteiger partial charge in [-0.05, 0) is 26.8 Å². The maximum Gasteiger partial charge on any atom is 0.125 e. The van der Waals surface area contributed by atoms with Crippen LogP contribution in [0.15, 0.2) is 18.5 Å². The molecule has 1 atom stereocenters. The van der Waals surface area contributed by atoms with Crippen LogP contribution < -0.4 is 10.6 Å². The Morgan fingerprint density at radius 1 is 1.61 bits per heavy atom. The van der Waals surface area contributed by atoms with Crippen LogP contribution in [0.1, 0.15) is 26.3 Å². The van der Waals surface area contributed by atoms with Crippen molar-refractivity contribution in [1.29, 1.82) is 5.41 Å². The first-order valence-electron chi connectivity index (χ1n) is 6.10. The summed E-state index contributed by atoms with van der Waals surface area (Å²) in [5, 5.41) is 7.64. The van der Waals surface area contributed by atoms with Crippen molar-refractivity contribution < 1.29 is 4.74 Å². The lowest BCUT2D eigenvalue weighted by molar-refractivity contribution is -0.0749. The number of anilines is 1. The number of hydrogen-bond acceptors (Lipinski definition) is 4. The smallest absolute Gasteiger partial charge is 0.125 e. The van der Waals surface area contributed by atoms with Crippen molar-refractivity contribution in [1.82, 2.24) is 4.98 Å². The minimum absolute atomic E-state index is 0.0735. The molecule has 0 radical (unpaired) electrons. The minimum Gasteiger partial charge on any atom is -0.384 e. The predicted octanol–water partition coefficient (Wildman–Crippen LogP) is 1.37. The molecule has 1 unspecified atom stereocenters. The molecule has 2 heterocycles. The maximum absolute atomic E-state index is 7.64. The zero-order chi connectivity index (χ0) is 13.3. The Hall–Kier alpha value is -1.62. The van der Waals surface area contributed by atoms with Gasteiger partial charge >= 0.3 is 0 Å². The van der Waals surface area contributed by atoms with Crippen molar-refractivity contribution in [2.45, 2.75) is 32.5 Å². The number of rotatable bonds is 2. The third-order valence-electron chi connectivity index (χ3n) is 3.00. The lowest BCUT2D eigenvalue weighted by atomic mass is 10.0. The van der Waals surface area contributed by atoms with Gasteiger partial charge in [-0.15, -0.1) is 0 Å². The van der Waals surface area contributed by atoms with Gasteiger partial charge in [-0.3, -0.25) is 10.4 Å². The van der Waals surface area contributed by atoms with Crippen LogP contribution in [0.5, 0.6) is 0 Å². The van der Waals surface area contributed by atoms with E-state index >= 15 is 0 Å². The normalized spacial score (nSPS) is 22.8. The van der Waals surface area contributed by atoms with Crippen LogP contribution in [0.4, 0.5) is 5.69 Å². The van der Waals surface area contributed by atoms with Crippen LogP contribution in [-0.4, -0.2) is 35.6 Å². The molecule has 1 aliphatic rings. The van der Waals surface area contributed by atoms with Crippen molar-refractivity contribution in [3.63, 3.8) is 0 Å². The highest BCUT2D eigenvalue weighted by atomic mass is 16.5. The highest BCUT2D eigenvalue weighted by molar-refractivity contribution is 6.00. The summed E-state index contributed by atoms with van der Waals surface area (Å²) >= 11 is 0. The summed E-state index contributed by atoms with van der Waals surface area (Å²) in [5.74, 6) is 0.0735. The molecule has 0 saturated carbocycles. The van der Waals surface area contributed by atoms with E-state index in [0.29, 0.717) is 0 Å². The summed E-state index contributed by atoms with van der Waals surface area (Å²) in [7, 11) is 0. The maximum atomic E-state index is 7.64. The Labute approximate surface area is 107 Å². The molecule has 18 heavy (non-hydrogen) atoms. The van der Waals surface area contributed by atoms with Gasteiger partial charge in [0.25, 0.3) is 0 Å². The largest absolute Gasteiger partial charge is 0.384 e. The number of ether oxygens (including phenoxy) is 1. The molecule has 1 saturated heterocycles. The van der Waals surface area contributed by atoms with Crippen LogP contribution in [0.2, 0.25) is 0 Å². The predicted molar refractivity (Wildman–Crippen MR) is 72.1 cm³/mol. The van der Waals surface area contributed by atoms with Crippen molar-refractivity contribution in [2.24, 2.45) is 5.73 Å². The minimum atomic E-state index is -0.207. The van der Waals surface area contributed by atoms with Gasteiger partial charge in [-0.25, -0.2) is 0 Å². The Morgan fingerprint density at radius 3 is 2.94 bits per heavy atom. The third-order valence-corrected chi connectivity index (χ3v) is 3.00. The van der Waals surface area contributed by atoms with Gasteiger partial charge < -0.3 is 15.4 Å². The van der Waals surface area contributed by atoms with Gasteiger partial charge in [0.05, 0.1) is 23.6 Å². The number of nitrogen functional groups attached to an aromatic ring is 1. The van der Waals surface area contributed by atoms with Gasteiger partial charge in [-0.1, -0.05) is 0 Å². The van der Waals surface area contributed by atoms with Crippen LogP contribution in [0.25, 0.3) is 0 Å². The summed E-state index contributed by atoms with van der Waals surface area (Å²) in [4.78, 5) is 6.33. The molecule has 1 fully saturated rings. The molecule has 5 nitrogen and oxygen atoms in total. The molecule has 0 bridgehead atoms. The van der Waals surface area contributed by atoms with Crippen molar-refractivity contribution in [3.8, 4) is 0 Å². The van der Waals surface area contributed by atoms with E-state index in [0.717, 1.165) is 24.3 Å². The average Bonchev–Trinajstić information content (AvgIpc) is 2.26. The molecule has 0 aromatic carbocycles. The van der Waals surface area contributed by atoms with E-state index in [1.165, 1.54) is 0 Å². The van der Waals surface area contributed by atoms with Crippen LogP contribution in [0.3, 0.4) is 0 Å². The van der Waals surface area contributed by atoms with E-state index < -0.39 is 0 Å². The molecule has 1 aromatic rings. The molecule has 3 N–H and O–H groups in total. The Balaban J connectivity index is 2.34. The second kappa shape index (κ2) is 4.57. The molecule has 5 heteroatoms. The average molecular weight is 248 g/mol. The Kier molecular flexibility index (Phi) is 3.26. The lowest BCUT2D eigenvalue weighted by Gasteiger charge is -2.43. The van der Waals surface area contributed by atoms with Crippen LogP contribution in [-0.2, 0) is 4.74 Å². The second-order valence-corrected chi connectivity index (χ2v) is 5.38. The number of nitrogens with one attached hydrogen (secondary N) is 1. The quantitative estimate of drug-likeness (QED) is 0.612. The number of hydrogen-bond donors (Lipinski definition) is 2. The topological polar surface area (TPSA) is 75.2 Å². The second-order valence-electron chi connectivity index (χ2n) is 5.38. The zero-order valence-corrected chi connectivity index (χ0v) is 11.1. The van der Waals surface area contributed by atoms with Crippen molar-refractivity contribution in [2.75, 3.05) is 18.0 Å². The first-order chi connectivity index (χ1) is 8.39. The molecule has 0 amide bonds. The molecular formula is C13H20N4O. The fourth-order valence-electron chi connectivity index (χ4n) is 2.50. The van der Waals surface area contributed by atoms with E-state index in [-0.39, 0.29) is 17.5 Å². The molecule has 1 aliphatic heterocycles. The van der Waals surface area contributed by atoms with Crippen molar-refractivity contribution >= 4 is 11.5 Å². The first kappa shape index (κ1) is 12.8. The van der Waals surface area contributed by atoms with E-state index in [2.05, 4.69) is 30.7 Å². The van der Waals surface area contributed by atoms with E-state index in [4.69, 9.17) is 15.9 Å². The molecule has 0 spiro atoms. The SMILES string of the molecule is CC1CN(c2cnccc2C(=N)N)CC(C)(C)O1. The van der Waals surface area contributed by atoms with Crippen molar-refractivity contribution in [3.05, 3.63) is 24.0 Å². The fourth-order valence-corrected chi connectivity index (χ4v) is 2.50. The number of nitrogens with two attached hydrogens (primary N) is 1. The molecule has 2 rings (SSSR count). The summed E-state index contributed by atoms with van der Waals surface area (Å²) in [5.41, 5.74) is 7.06. The van der Waals surface area contributed by atoms with Crippen LogP contribution >= 0.6 is 0 Å². The molecular weight excluding hydrogens is 228 g/mol. The highest BCUT2D eigenvalue weighted by Gasteiger charge is 2.32. The Bertz CT molecular complexity index is 458. The summed E-state index contributed by atoms with van der Waals surface area (Å²) in [6.45, 7) is 7.75. The lowest BCUT2D eigenvalue weighted by Crippen LogP contribution is -2.52. The standard InChI is InChI=1S/C13H20N4O/c1-9-7-17(8-13(2,3)18-9)11-6-16-5-4-10(11)12(14)15/h4-6,9H,7-8H2,1-3H3,(H3,14,15). The fraction of sp³-hybridized carbons (Fsp3) is 0.538. The number of aromatic nitrogens is 1. The Morgan fingerprint density at radius 2 is 2.33 bits per heavy atom. The van der Waals surface area contributed by atoms with Gasteiger partial charge in [-0.2, -0.15) is 0 Å². The molecule has 1 aromatic heterocycles. The van der Waals surface area contributed by atoms with Crippen LogP contribution in [0, 0.1) is 5.41 Å². The van der Waals surface area contributed by atoms with Gasteiger partial charge in [0.15, 0.2) is 0 Å². The van der Waals surface area contributed by atoms with E-state index in [9.17, 15) is 0 Å². The first-order valence-corrected chi connectivity index (χ1v) is 6.10. The zero-order valence-electron chi connectivity index (χ0n) is 11.1. The summed E-state index contributed by atoms with van der Waals surface area (Å²) < 4.78 is 5.88. The van der Waals surface area contributed by atoms with E-state index in [1.807, 2.05) is 0 Å². The molecule has 0 aliphatic carbocycles. The summed E-state index contributed by atoms with van der Waals surface area (Å²) in [6.07, 6.45) is 3.58. The number of pyridine rings is 1. The van der Waals surface area contributed by atoms with E-state index in [1.54, 1.807) is 18.5 Å². The monoisotopic (exact) mass is 248 g/mol. The number of morpholine rings is 1. The third kappa shape index (κ3) is 2.61. The molecule has 98 valence electrons. The van der Waals surface area contributed by atoms with Gasteiger partial charge in [0.2, 0.25) is 0 Å². The van der Waals surface area contributed by atoms with Gasteiger partial charge in [0, 0.05) is 24.8 Å². The summed E-state index contributed by atoms with van der Waals surface area (Å²) in [6, 6.07) is 1.78. The highest BCUT2D eigenvalue weighted by Crippen LogP contribution is 2.27. The number of nitrogens with zero attached hydrogens (tertiary/aromatic N) is 2. The number of amidine groups is 1.